The molecule has 0 bridgehead atoms. The molecule has 2 rings (SSSR count). The number of rotatable bonds is 5. The standard InChI is InChI=1S/C13H20N6O/c1-9(2)20-13-11(14)12(15-8-16-13)18(3)6-10-5-17-19(4)7-10/h5,7-9H,6,14H2,1-4H3. The van der Waals surface area contributed by atoms with Gasteiger partial charge in [-0.15, -0.1) is 0 Å². The molecule has 0 atom stereocenters. The smallest absolute Gasteiger partial charge is 0.242 e. The summed E-state index contributed by atoms with van der Waals surface area (Å²) < 4.78 is 7.33. The molecule has 0 aliphatic rings. The summed E-state index contributed by atoms with van der Waals surface area (Å²) in [6, 6.07) is 0. The maximum atomic E-state index is 6.08. The van der Waals surface area contributed by atoms with Crippen molar-refractivity contribution in [2.24, 2.45) is 7.05 Å². The molecular formula is C13H20N6O. The third kappa shape index (κ3) is 3.17. The van der Waals surface area contributed by atoms with Crippen LogP contribution in [0.4, 0.5) is 11.5 Å². The van der Waals surface area contributed by atoms with Crippen molar-refractivity contribution < 1.29 is 4.74 Å². The first-order chi connectivity index (χ1) is 9.47. The Labute approximate surface area is 118 Å². The van der Waals surface area contributed by atoms with E-state index in [0.717, 1.165) is 5.56 Å². The molecule has 2 aromatic rings. The van der Waals surface area contributed by atoms with Crippen molar-refractivity contribution >= 4 is 11.5 Å². The second kappa shape index (κ2) is 5.77. The van der Waals surface area contributed by atoms with E-state index in [2.05, 4.69) is 15.1 Å². The minimum Gasteiger partial charge on any atom is -0.473 e. The molecule has 20 heavy (non-hydrogen) atoms. The highest BCUT2D eigenvalue weighted by atomic mass is 16.5. The Hall–Kier alpha value is -2.31. The van der Waals surface area contributed by atoms with Gasteiger partial charge in [0.25, 0.3) is 0 Å². The molecule has 2 aromatic heterocycles. The van der Waals surface area contributed by atoms with Crippen LogP contribution in [0.25, 0.3) is 0 Å². The quantitative estimate of drug-likeness (QED) is 0.884. The Balaban J connectivity index is 2.19. The third-order valence-electron chi connectivity index (χ3n) is 2.71. The van der Waals surface area contributed by atoms with Gasteiger partial charge >= 0.3 is 0 Å². The Morgan fingerprint density at radius 1 is 1.40 bits per heavy atom. The maximum absolute atomic E-state index is 6.08. The zero-order chi connectivity index (χ0) is 14.7. The van der Waals surface area contributed by atoms with Gasteiger partial charge in [0.15, 0.2) is 5.82 Å². The lowest BCUT2D eigenvalue weighted by Crippen LogP contribution is -2.20. The Bertz CT molecular complexity index is 580. The summed E-state index contributed by atoms with van der Waals surface area (Å²) in [5.41, 5.74) is 7.61. The molecule has 0 saturated heterocycles. The largest absolute Gasteiger partial charge is 0.473 e. The van der Waals surface area contributed by atoms with Gasteiger partial charge in [0.2, 0.25) is 5.88 Å². The fourth-order valence-corrected chi connectivity index (χ4v) is 1.89. The molecule has 7 nitrogen and oxygen atoms in total. The van der Waals surface area contributed by atoms with Crippen LogP contribution in [0, 0.1) is 0 Å². The summed E-state index contributed by atoms with van der Waals surface area (Å²) in [7, 11) is 3.81. The number of aromatic nitrogens is 4. The van der Waals surface area contributed by atoms with Crippen molar-refractivity contribution in [3.05, 3.63) is 24.3 Å². The molecule has 0 aromatic carbocycles. The molecular weight excluding hydrogens is 256 g/mol. The van der Waals surface area contributed by atoms with E-state index in [-0.39, 0.29) is 6.10 Å². The first-order valence-corrected chi connectivity index (χ1v) is 6.43. The van der Waals surface area contributed by atoms with Gasteiger partial charge < -0.3 is 15.4 Å². The number of hydrogen-bond acceptors (Lipinski definition) is 6. The van der Waals surface area contributed by atoms with Gasteiger partial charge in [-0.3, -0.25) is 4.68 Å². The minimum absolute atomic E-state index is 0.0173. The maximum Gasteiger partial charge on any atom is 0.242 e. The first-order valence-electron chi connectivity index (χ1n) is 6.43. The summed E-state index contributed by atoms with van der Waals surface area (Å²) in [5.74, 6) is 1.07. The summed E-state index contributed by atoms with van der Waals surface area (Å²) in [5, 5.41) is 4.14. The number of aryl methyl sites for hydroxylation is 1. The average molecular weight is 276 g/mol. The van der Waals surface area contributed by atoms with Gasteiger partial charge in [-0.25, -0.2) is 4.98 Å². The van der Waals surface area contributed by atoms with E-state index in [1.165, 1.54) is 6.33 Å². The second-order valence-electron chi connectivity index (χ2n) is 4.96. The number of hydrogen-bond donors (Lipinski definition) is 1. The molecule has 0 fully saturated rings. The summed E-state index contributed by atoms with van der Waals surface area (Å²) in [4.78, 5) is 10.2. The van der Waals surface area contributed by atoms with Crippen LogP contribution in [0.3, 0.4) is 0 Å². The number of anilines is 2. The van der Waals surface area contributed by atoms with Gasteiger partial charge in [-0.2, -0.15) is 10.1 Å². The Morgan fingerprint density at radius 2 is 2.15 bits per heavy atom. The lowest BCUT2D eigenvalue weighted by Gasteiger charge is -2.20. The highest BCUT2D eigenvalue weighted by Crippen LogP contribution is 2.28. The van der Waals surface area contributed by atoms with Gasteiger partial charge in [0.05, 0.1) is 12.3 Å². The minimum atomic E-state index is 0.0173. The van der Waals surface area contributed by atoms with Gasteiger partial charge in [0.1, 0.15) is 12.0 Å². The fourth-order valence-electron chi connectivity index (χ4n) is 1.89. The van der Waals surface area contributed by atoms with E-state index >= 15 is 0 Å². The summed E-state index contributed by atoms with van der Waals surface area (Å²) >= 11 is 0. The number of nitrogens with two attached hydrogens (primary N) is 1. The van der Waals surface area contributed by atoms with E-state index in [1.54, 1.807) is 4.68 Å². The van der Waals surface area contributed by atoms with Crippen molar-refractivity contribution in [3.63, 3.8) is 0 Å². The van der Waals surface area contributed by atoms with E-state index in [1.807, 2.05) is 45.2 Å². The van der Waals surface area contributed by atoms with Crippen LogP contribution in [0.2, 0.25) is 0 Å². The molecule has 0 unspecified atom stereocenters. The molecule has 0 radical (unpaired) electrons. The monoisotopic (exact) mass is 276 g/mol. The van der Waals surface area contributed by atoms with Crippen LogP contribution >= 0.6 is 0 Å². The Kier molecular flexibility index (Phi) is 4.07. The molecule has 0 saturated carbocycles. The summed E-state index contributed by atoms with van der Waals surface area (Å²) in [6.07, 6.45) is 5.26. The van der Waals surface area contributed by atoms with Crippen molar-refractivity contribution in [2.45, 2.75) is 26.5 Å². The topological polar surface area (TPSA) is 82.1 Å². The fraction of sp³-hybridized carbons (Fsp3) is 0.462. The van der Waals surface area contributed by atoms with E-state index < -0.39 is 0 Å². The number of nitrogen functional groups attached to an aromatic ring is 1. The predicted octanol–water partition coefficient (Wildman–Crippen LogP) is 1.22. The lowest BCUT2D eigenvalue weighted by atomic mass is 10.3. The molecule has 108 valence electrons. The highest BCUT2D eigenvalue weighted by molar-refractivity contribution is 5.67. The average Bonchev–Trinajstić information content (AvgIpc) is 2.76. The van der Waals surface area contributed by atoms with Crippen molar-refractivity contribution in [1.82, 2.24) is 19.7 Å². The SMILES string of the molecule is CC(C)Oc1ncnc(N(C)Cc2cnn(C)c2)c1N. The zero-order valence-corrected chi connectivity index (χ0v) is 12.2. The van der Waals surface area contributed by atoms with Crippen molar-refractivity contribution in [3.8, 4) is 5.88 Å². The molecule has 0 spiro atoms. The van der Waals surface area contributed by atoms with Crippen LogP contribution < -0.4 is 15.4 Å². The van der Waals surface area contributed by atoms with E-state index in [9.17, 15) is 0 Å². The van der Waals surface area contributed by atoms with Crippen LogP contribution in [0.5, 0.6) is 5.88 Å². The van der Waals surface area contributed by atoms with E-state index in [4.69, 9.17) is 10.5 Å². The molecule has 2 N–H and O–H groups in total. The van der Waals surface area contributed by atoms with E-state index in [0.29, 0.717) is 23.9 Å². The number of nitrogens with zero attached hydrogens (tertiary/aromatic N) is 5. The molecule has 7 heteroatoms. The molecule has 2 heterocycles. The van der Waals surface area contributed by atoms with Crippen molar-refractivity contribution in [1.29, 1.82) is 0 Å². The molecule has 0 aliphatic heterocycles. The zero-order valence-electron chi connectivity index (χ0n) is 12.2. The second-order valence-corrected chi connectivity index (χ2v) is 4.96. The predicted molar refractivity (Wildman–Crippen MR) is 77.5 cm³/mol. The van der Waals surface area contributed by atoms with Gasteiger partial charge in [-0.1, -0.05) is 0 Å². The van der Waals surface area contributed by atoms with Crippen LogP contribution in [-0.4, -0.2) is 32.9 Å². The molecule has 0 amide bonds. The molecule has 0 aliphatic carbocycles. The first kappa shape index (κ1) is 14.1. The highest BCUT2D eigenvalue weighted by Gasteiger charge is 2.14. The van der Waals surface area contributed by atoms with Crippen LogP contribution in [-0.2, 0) is 13.6 Å². The summed E-state index contributed by atoms with van der Waals surface area (Å²) in [6.45, 7) is 4.53. The van der Waals surface area contributed by atoms with Gasteiger partial charge in [-0.05, 0) is 13.8 Å². The van der Waals surface area contributed by atoms with Crippen molar-refractivity contribution in [2.75, 3.05) is 17.7 Å². The number of ether oxygens (including phenoxy) is 1. The van der Waals surface area contributed by atoms with Crippen LogP contribution in [0.15, 0.2) is 18.7 Å². The van der Waals surface area contributed by atoms with Gasteiger partial charge in [0, 0.05) is 32.4 Å². The third-order valence-corrected chi connectivity index (χ3v) is 2.71. The van der Waals surface area contributed by atoms with Crippen LogP contribution in [0.1, 0.15) is 19.4 Å². The lowest BCUT2D eigenvalue weighted by molar-refractivity contribution is 0.234. The Morgan fingerprint density at radius 3 is 2.75 bits per heavy atom. The normalized spacial score (nSPS) is 10.8.